The van der Waals surface area contributed by atoms with Crippen molar-refractivity contribution in [1.29, 1.82) is 0 Å². The Morgan fingerprint density at radius 2 is 1.71 bits per heavy atom. The topological polar surface area (TPSA) is 127 Å². The van der Waals surface area contributed by atoms with Crippen molar-refractivity contribution >= 4 is 18.7 Å². The van der Waals surface area contributed by atoms with Crippen molar-refractivity contribution in [1.82, 2.24) is 15.2 Å². The van der Waals surface area contributed by atoms with Crippen LogP contribution in [0, 0.1) is 39.4 Å². The molecular formula is C35H48FN3O6. The number of aliphatic carboxylic acids is 1. The quantitative estimate of drug-likeness (QED) is 0.213. The first-order valence-electron chi connectivity index (χ1n) is 14.9. The van der Waals surface area contributed by atoms with Crippen molar-refractivity contribution < 1.29 is 28.6 Å². The van der Waals surface area contributed by atoms with Gasteiger partial charge in [0.05, 0.1) is 24.6 Å². The van der Waals surface area contributed by atoms with Gasteiger partial charge in [-0.25, -0.2) is 4.39 Å². The van der Waals surface area contributed by atoms with Gasteiger partial charge in [0.1, 0.15) is 5.82 Å². The lowest BCUT2D eigenvalue weighted by Gasteiger charge is -2.19. The maximum absolute atomic E-state index is 14.6. The standard InChI is InChI=1S/C20H22FNO3.C9H11NO3.C6H15N/c1-11-5-12(2)19(13(3)6-11)15-7-14(4)20(21)16(8-15)17(22-10-23)9-18(24)25;1-13-6-5-10-4-2-3-8(7-11)9(10)12;1-6(2)4-5-7-3/h5-8,10,17H,9H2,1-4H3,(H,22,23)(H,24,25);2-4,7H,5-6H2,1H3;6-7H,4-5H2,1-3H3. The van der Waals surface area contributed by atoms with E-state index in [1.165, 1.54) is 17.1 Å². The first-order valence-corrected chi connectivity index (χ1v) is 14.9. The normalized spacial score (nSPS) is 11.1. The second-order valence-electron chi connectivity index (χ2n) is 11.3. The second-order valence-corrected chi connectivity index (χ2v) is 11.3. The number of carbonyl (C=O) groups is 3. The van der Waals surface area contributed by atoms with Crippen molar-refractivity contribution in [2.24, 2.45) is 5.92 Å². The Morgan fingerprint density at radius 1 is 1.07 bits per heavy atom. The maximum atomic E-state index is 14.6. The fraction of sp³-hybridized carbons (Fsp3) is 0.429. The van der Waals surface area contributed by atoms with Crippen molar-refractivity contribution in [2.75, 3.05) is 27.3 Å². The highest BCUT2D eigenvalue weighted by Gasteiger charge is 2.22. The third-order valence-corrected chi connectivity index (χ3v) is 6.96. The molecule has 0 bridgehead atoms. The summed E-state index contributed by atoms with van der Waals surface area (Å²) in [5, 5.41) is 14.6. The average Bonchev–Trinajstić information content (AvgIpc) is 2.97. The van der Waals surface area contributed by atoms with E-state index in [9.17, 15) is 23.6 Å². The molecule has 2 aromatic carbocycles. The SMILES string of the molecule is CNCCC(C)C.COCCn1cccc(C=O)c1=O.Cc1cc(C)c(-c2cc(C)c(F)c(C(CC(=O)O)NC=O)c2)c(C)c1. The molecular weight excluding hydrogens is 577 g/mol. The number of aldehydes is 1. The van der Waals surface area contributed by atoms with E-state index in [1.807, 2.05) is 27.8 Å². The minimum atomic E-state index is -1.11. The molecule has 9 nitrogen and oxygen atoms in total. The van der Waals surface area contributed by atoms with Crippen LogP contribution in [0.1, 0.15) is 70.9 Å². The van der Waals surface area contributed by atoms with Gasteiger partial charge in [-0.3, -0.25) is 19.2 Å². The van der Waals surface area contributed by atoms with Crippen molar-refractivity contribution in [3.8, 4) is 11.1 Å². The molecule has 0 fully saturated rings. The summed E-state index contributed by atoms with van der Waals surface area (Å²) in [6.45, 7) is 14.2. The zero-order valence-corrected chi connectivity index (χ0v) is 27.7. The number of carboxylic acids is 1. The molecule has 0 aliphatic carbocycles. The van der Waals surface area contributed by atoms with Gasteiger partial charge in [-0.15, -0.1) is 0 Å². The number of nitrogens with one attached hydrogen (secondary N) is 2. The lowest BCUT2D eigenvalue weighted by molar-refractivity contribution is -0.137. The molecule has 1 amide bonds. The van der Waals surface area contributed by atoms with E-state index in [0.717, 1.165) is 40.3 Å². The van der Waals surface area contributed by atoms with Crippen LogP contribution >= 0.6 is 0 Å². The van der Waals surface area contributed by atoms with Gasteiger partial charge in [-0.05, 0) is 106 Å². The fourth-order valence-electron chi connectivity index (χ4n) is 4.79. The number of hydrogen-bond acceptors (Lipinski definition) is 6. The third-order valence-electron chi connectivity index (χ3n) is 6.96. The molecule has 0 radical (unpaired) electrons. The Labute approximate surface area is 265 Å². The lowest BCUT2D eigenvalue weighted by Crippen LogP contribution is -2.24. The Bertz CT molecular complexity index is 1450. The maximum Gasteiger partial charge on any atom is 0.305 e. The molecule has 0 saturated heterocycles. The molecule has 45 heavy (non-hydrogen) atoms. The number of pyridine rings is 1. The van der Waals surface area contributed by atoms with E-state index in [4.69, 9.17) is 9.84 Å². The Morgan fingerprint density at radius 3 is 2.20 bits per heavy atom. The highest BCUT2D eigenvalue weighted by molar-refractivity contribution is 5.74. The van der Waals surface area contributed by atoms with E-state index in [2.05, 4.69) is 36.6 Å². The molecule has 3 rings (SSSR count). The molecule has 1 heterocycles. The molecule has 1 aromatic heterocycles. The van der Waals surface area contributed by atoms with Crippen LogP contribution in [0.25, 0.3) is 11.1 Å². The fourth-order valence-corrected chi connectivity index (χ4v) is 4.79. The number of hydrogen-bond donors (Lipinski definition) is 3. The van der Waals surface area contributed by atoms with Crippen LogP contribution < -0.4 is 16.2 Å². The summed E-state index contributed by atoms with van der Waals surface area (Å²) >= 11 is 0. The molecule has 1 unspecified atom stereocenters. The largest absolute Gasteiger partial charge is 0.481 e. The monoisotopic (exact) mass is 625 g/mol. The molecule has 0 spiro atoms. The Hall–Kier alpha value is -4.15. The number of methoxy groups -OCH3 is 1. The summed E-state index contributed by atoms with van der Waals surface area (Å²) in [6, 6.07) is 9.75. The van der Waals surface area contributed by atoms with Gasteiger partial charge in [0.25, 0.3) is 5.56 Å². The summed E-state index contributed by atoms with van der Waals surface area (Å²) in [5.41, 5.74) is 5.58. The van der Waals surface area contributed by atoms with Crippen LogP contribution in [-0.4, -0.2) is 55.6 Å². The summed E-state index contributed by atoms with van der Waals surface area (Å²) in [7, 11) is 3.55. The first kappa shape index (κ1) is 38.9. The number of rotatable bonds is 13. The number of benzene rings is 2. The predicted molar refractivity (Wildman–Crippen MR) is 176 cm³/mol. The number of amides is 1. The molecule has 3 N–H and O–H groups in total. The van der Waals surface area contributed by atoms with Crippen molar-refractivity contribution in [3.63, 3.8) is 0 Å². The van der Waals surface area contributed by atoms with E-state index in [0.29, 0.717) is 31.4 Å². The van der Waals surface area contributed by atoms with Gasteiger partial charge in [0, 0.05) is 25.4 Å². The van der Waals surface area contributed by atoms with E-state index in [-0.39, 0.29) is 23.1 Å². The third kappa shape index (κ3) is 12.8. The zero-order chi connectivity index (χ0) is 34.1. The van der Waals surface area contributed by atoms with Crippen LogP contribution in [0.2, 0.25) is 0 Å². The summed E-state index contributed by atoms with van der Waals surface area (Å²) in [4.78, 5) is 43.7. The van der Waals surface area contributed by atoms with Crippen molar-refractivity contribution in [2.45, 2.75) is 67.0 Å². The minimum absolute atomic E-state index is 0.179. The molecule has 0 aliphatic rings. The molecule has 0 saturated carbocycles. The van der Waals surface area contributed by atoms with E-state index >= 15 is 0 Å². The van der Waals surface area contributed by atoms with E-state index < -0.39 is 17.8 Å². The Balaban J connectivity index is 0.000000419. The average molecular weight is 626 g/mol. The molecule has 10 heteroatoms. The summed E-state index contributed by atoms with van der Waals surface area (Å²) in [6.07, 6.45) is 3.50. The predicted octanol–water partition coefficient (Wildman–Crippen LogP) is 5.55. The van der Waals surface area contributed by atoms with Crippen LogP contribution in [-0.2, 0) is 20.9 Å². The van der Waals surface area contributed by atoms with E-state index in [1.54, 1.807) is 38.4 Å². The lowest BCUT2D eigenvalue weighted by atomic mass is 9.89. The van der Waals surface area contributed by atoms with Gasteiger partial charge in [0.2, 0.25) is 6.41 Å². The van der Waals surface area contributed by atoms with Crippen LogP contribution in [0.5, 0.6) is 0 Å². The number of aryl methyl sites for hydroxylation is 4. The number of carboxylic acid groups (broad SMARTS) is 1. The molecule has 3 aromatic rings. The summed E-state index contributed by atoms with van der Waals surface area (Å²) in [5.74, 6) is -0.760. The number of halogens is 1. The first-order chi connectivity index (χ1) is 21.3. The minimum Gasteiger partial charge on any atom is -0.481 e. The highest BCUT2D eigenvalue weighted by Crippen LogP contribution is 2.33. The van der Waals surface area contributed by atoms with Gasteiger partial charge < -0.3 is 25.0 Å². The second kappa shape index (κ2) is 20.0. The smallest absolute Gasteiger partial charge is 0.305 e. The summed E-state index contributed by atoms with van der Waals surface area (Å²) < 4.78 is 20.9. The van der Waals surface area contributed by atoms with Gasteiger partial charge >= 0.3 is 5.97 Å². The van der Waals surface area contributed by atoms with Crippen molar-refractivity contribution in [3.05, 3.63) is 92.1 Å². The number of nitrogens with zero attached hydrogens (tertiary/aromatic N) is 1. The molecule has 0 aliphatic heterocycles. The highest BCUT2D eigenvalue weighted by atomic mass is 19.1. The van der Waals surface area contributed by atoms with Gasteiger partial charge in [-0.1, -0.05) is 31.5 Å². The van der Waals surface area contributed by atoms with Crippen LogP contribution in [0.4, 0.5) is 4.39 Å². The molecule has 1 atom stereocenters. The van der Waals surface area contributed by atoms with Gasteiger partial charge in [0.15, 0.2) is 6.29 Å². The number of ether oxygens (including phenoxy) is 1. The molecule has 246 valence electrons. The number of carbonyl (C=O) groups excluding carboxylic acids is 2. The van der Waals surface area contributed by atoms with Crippen LogP contribution in [0.3, 0.4) is 0 Å². The van der Waals surface area contributed by atoms with Crippen LogP contribution in [0.15, 0.2) is 47.4 Å². The van der Waals surface area contributed by atoms with Gasteiger partial charge in [-0.2, -0.15) is 0 Å². The zero-order valence-electron chi connectivity index (χ0n) is 27.7. The Kier molecular flexibility index (Phi) is 17.3. The number of aromatic nitrogens is 1.